The Kier molecular flexibility index (Phi) is 8.26. The molecule has 2 amide bonds. The van der Waals surface area contributed by atoms with E-state index in [-0.39, 0.29) is 18.4 Å². The number of hydroxylamine groups is 2. The van der Waals surface area contributed by atoms with Crippen LogP contribution in [-0.4, -0.2) is 65.1 Å². The molecular weight excluding hydrogens is 342 g/mol. The molecule has 0 aromatic rings. The van der Waals surface area contributed by atoms with Crippen molar-refractivity contribution in [3.05, 3.63) is 0 Å². The average molecular weight is 363 g/mol. The highest BCUT2D eigenvalue weighted by Gasteiger charge is 2.40. The van der Waals surface area contributed by atoms with Gasteiger partial charge in [0, 0.05) is 37.8 Å². The number of carbonyl (C=O) groups excluding carboxylic acids is 1. The zero-order valence-corrected chi connectivity index (χ0v) is 14.2. The summed E-state index contributed by atoms with van der Waals surface area (Å²) in [6, 6.07) is -0.662. The van der Waals surface area contributed by atoms with Gasteiger partial charge in [-0.05, 0) is 6.92 Å². The molecule has 0 spiro atoms. The number of halogens is 2. The van der Waals surface area contributed by atoms with Gasteiger partial charge < -0.3 is 9.84 Å². The van der Waals surface area contributed by atoms with Gasteiger partial charge in [-0.25, -0.2) is 14.6 Å². The van der Waals surface area contributed by atoms with Gasteiger partial charge >= 0.3 is 13.7 Å². The van der Waals surface area contributed by atoms with Crippen molar-refractivity contribution in [2.75, 3.05) is 38.0 Å². The maximum atomic E-state index is 12.8. The van der Waals surface area contributed by atoms with Crippen LogP contribution in [0.3, 0.4) is 0 Å². The van der Waals surface area contributed by atoms with Crippen LogP contribution in [0.15, 0.2) is 0 Å². The number of hydrogen-bond acceptors (Lipinski definition) is 4. The van der Waals surface area contributed by atoms with Crippen LogP contribution < -0.4 is 10.4 Å². The van der Waals surface area contributed by atoms with Crippen LogP contribution >= 0.6 is 30.9 Å². The maximum absolute atomic E-state index is 12.8. The molecule has 1 fully saturated rings. The molecule has 3 N–H and O–H groups in total. The zero-order valence-electron chi connectivity index (χ0n) is 11.8. The van der Waals surface area contributed by atoms with Crippen molar-refractivity contribution < 1.29 is 19.1 Å². The highest BCUT2D eigenvalue weighted by Crippen LogP contribution is 2.49. The first kappa shape index (κ1) is 19.0. The molecule has 1 saturated heterocycles. The first-order chi connectivity index (χ1) is 9.98. The third-order valence-electron chi connectivity index (χ3n) is 2.86. The summed E-state index contributed by atoms with van der Waals surface area (Å²) in [5.74, 6) is 0.519. The van der Waals surface area contributed by atoms with Gasteiger partial charge in [0.2, 0.25) is 0 Å². The Bertz CT molecular complexity index is 384. The molecule has 1 aliphatic rings. The van der Waals surface area contributed by atoms with Crippen LogP contribution in [0.1, 0.15) is 13.3 Å². The molecule has 0 saturated carbocycles. The van der Waals surface area contributed by atoms with Gasteiger partial charge in [0.05, 0.1) is 6.61 Å². The molecule has 0 aliphatic carbocycles. The normalized spacial score (nSPS) is 25.9. The maximum Gasteiger partial charge on any atom is 0.345 e. The summed E-state index contributed by atoms with van der Waals surface area (Å²) in [7, 11) is -3.39. The fraction of sp³-hybridized carbons (Fsp3) is 0.900. The zero-order chi connectivity index (χ0) is 15.9. The quantitative estimate of drug-likeness (QED) is 0.276. The lowest BCUT2D eigenvalue weighted by molar-refractivity contribution is -0.0922. The summed E-state index contributed by atoms with van der Waals surface area (Å²) >= 11 is 11.4. The Morgan fingerprint density at radius 2 is 2.10 bits per heavy atom. The lowest BCUT2D eigenvalue weighted by Gasteiger charge is -2.39. The molecule has 11 heteroatoms. The molecule has 1 rings (SSSR count). The molecule has 124 valence electrons. The molecular formula is C10H21Cl2N4O4P. The highest BCUT2D eigenvalue weighted by atomic mass is 35.5. The lowest BCUT2D eigenvalue weighted by atomic mass is 10.3. The van der Waals surface area contributed by atoms with Crippen LogP contribution in [0.2, 0.25) is 0 Å². The summed E-state index contributed by atoms with van der Waals surface area (Å²) in [5, 5.41) is 15.5. The Labute approximate surface area is 134 Å². The molecule has 8 nitrogen and oxygen atoms in total. The molecule has 0 aromatic heterocycles. The minimum absolute atomic E-state index is 0.145. The van der Waals surface area contributed by atoms with Crippen molar-refractivity contribution in [2.24, 2.45) is 0 Å². The molecule has 0 bridgehead atoms. The van der Waals surface area contributed by atoms with E-state index in [2.05, 4.69) is 10.4 Å². The van der Waals surface area contributed by atoms with Crippen LogP contribution in [0.4, 0.5) is 4.79 Å². The van der Waals surface area contributed by atoms with Gasteiger partial charge in [0.25, 0.3) is 0 Å². The lowest BCUT2D eigenvalue weighted by Crippen LogP contribution is -2.53. The molecule has 2 atom stereocenters. The van der Waals surface area contributed by atoms with Crippen molar-refractivity contribution in [3.63, 3.8) is 0 Å². The number of alkyl halides is 2. The average Bonchev–Trinajstić information content (AvgIpc) is 2.46. The second-order valence-corrected chi connectivity index (χ2v) is 7.18. The minimum Gasteiger partial charge on any atom is -0.336 e. The smallest absolute Gasteiger partial charge is 0.336 e. The fourth-order valence-corrected chi connectivity index (χ4v) is 4.60. The van der Waals surface area contributed by atoms with E-state index in [1.807, 2.05) is 0 Å². The first-order valence-electron chi connectivity index (χ1n) is 6.64. The standard InChI is InChI=1S/C10H21Cl2N4O4P/c1-2-13-10(17)16(18)9-3-8-20-21(19,14-9)15(6-4-11)7-5-12/h9,18H,2-8H2,1H3,(H,13,17)(H,14,19). The van der Waals surface area contributed by atoms with Crippen molar-refractivity contribution in [1.82, 2.24) is 20.1 Å². The number of nitrogens with one attached hydrogen (secondary N) is 2. The topological polar surface area (TPSA) is 94.1 Å². The number of urea groups is 1. The van der Waals surface area contributed by atoms with E-state index in [1.165, 1.54) is 4.67 Å². The van der Waals surface area contributed by atoms with Gasteiger partial charge in [-0.15, -0.1) is 23.2 Å². The van der Waals surface area contributed by atoms with Crippen molar-refractivity contribution in [1.29, 1.82) is 0 Å². The van der Waals surface area contributed by atoms with Crippen LogP contribution in [0, 0.1) is 0 Å². The Morgan fingerprint density at radius 3 is 2.62 bits per heavy atom. The van der Waals surface area contributed by atoms with E-state index in [9.17, 15) is 14.6 Å². The molecule has 0 aromatic carbocycles. The predicted octanol–water partition coefficient (Wildman–Crippen LogP) is 1.63. The largest absolute Gasteiger partial charge is 0.345 e. The summed E-state index contributed by atoms with van der Waals surface area (Å²) in [5.41, 5.74) is 0. The van der Waals surface area contributed by atoms with E-state index in [1.54, 1.807) is 6.92 Å². The molecule has 0 radical (unpaired) electrons. The number of carbonyl (C=O) groups is 1. The number of nitrogens with zero attached hydrogens (tertiary/aromatic N) is 2. The van der Waals surface area contributed by atoms with E-state index >= 15 is 0 Å². The monoisotopic (exact) mass is 362 g/mol. The van der Waals surface area contributed by atoms with E-state index in [0.29, 0.717) is 31.1 Å². The summed E-state index contributed by atoms with van der Waals surface area (Å²) in [6.07, 6.45) is -0.489. The highest BCUT2D eigenvalue weighted by molar-refractivity contribution is 7.54. The van der Waals surface area contributed by atoms with Gasteiger partial charge in [-0.3, -0.25) is 9.77 Å². The predicted molar refractivity (Wildman–Crippen MR) is 80.8 cm³/mol. The molecule has 1 aliphatic heterocycles. The number of amides is 2. The molecule has 21 heavy (non-hydrogen) atoms. The summed E-state index contributed by atoms with van der Waals surface area (Å²) in [4.78, 5) is 11.6. The van der Waals surface area contributed by atoms with Gasteiger partial charge in [0.1, 0.15) is 6.17 Å². The second kappa shape index (κ2) is 9.15. The van der Waals surface area contributed by atoms with Gasteiger partial charge in [-0.1, -0.05) is 0 Å². The number of rotatable bonds is 7. The van der Waals surface area contributed by atoms with E-state index in [4.69, 9.17) is 27.7 Å². The molecule has 2 unspecified atom stereocenters. The fourth-order valence-electron chi connectivity index (χ4n) is 1.86. The van der Waals surface area contributed by atoms with Crippen LogP contribution in [-0.2, 0) is 9.09 Å². The molecule has 1 heterocycles. The number of hydrogen-bond donors (Lipinski definition) is 3. The second-order valence-electron chi connectivity index (χ2n) is 4.30. The van der Waals surface area contributed by atoms with Crippen molar-refractivity contribution in [3.8, 4) is 0 Å². The van der Waals surface area contributed by atoms with Crippen molar-refractivity contribution in [2.45, 2.75) is 19.5 Å². The van der Waals surface area contributed by atoms with Crippen LogP contribution in [0.5, 0.6) is 0 Å². The summed E-state index contributed by atoms with van der Waals surface area (Å²) < 4.78 is 19.7. The third kappa shape index (κ3) is 5.25. The van der Waals surface area contributed by atoms with Gasteiger partial charge in [0.15, 0.2) is 0 Å². The van der Waals surface area contributed by atoms with Crippen LogP contribution in [0.25, 0.3) is 0 Å². The van der Waals surface area contributed by atoms with Crippen molar-refractivity contribution >= 4 is 36.9 Å². The minimum atomic E-state index is -3.39. The Hall–Kier alpha value is -0.0800. The summed E-state index contributed by atoms with van der Waals surface area (Å²) in [6.45, 7) is 2.89. The third-order valence-corrected chi connectivity index (χ3v) is 5.50. The van der Waals surface area contributed by atoms with E-state index in [0.717, 1.165) is 0 Å². The Morgan fingerprint density at radius 1 is 1.48 bits per heavy atom. The SMILES string of the molecule is CCNC(=O)N(O)C1CCOP(=O)(N(CCCl)CCCl)N1. The Balaban J connectivity index is 2.76. The van der Waals surface area contributed by atoms with Gasteiger partial charge in [-0.2, -0.15) is 5.06 Å². The van der Waals surface area contributed by atoms with E-state index < -0.39 is 19.9 Å². The first-order valence-corrected chi connectivity index (χ1v) is 9.28.